The first kappa shape index (κ1) is 20.6. The predicted molar refractivity (Wildman–Crippen MR) is 83.4 cm³/mol. The molecule has 1 N–H and O–H groups in total. The Morgan fingerprint density at radius 1 is 1.11 bits per heavy atom. The maximum atomic E-state index is 13.0. The Balaban J connectivity index is 1.79. The van der Waals surface area contributed by atoms with E-state index in [1.54, 1.807) is 0 Å². The molecule has 6 nitrogen and oxygen atoms in total. The SMILES string of the molecule is O=S(=O)(NCc1nnc2n1CCC(C(F)(F)F)C2)c1ccccc1C(F)(F)F. The summed E-state index contributed by atoms with van der Waals surface area (Å²) >= 11 is 0. The fourth-order valence-corrected chi connectivity index (χ4v) is 4.18. The number of benzene rings is 1. The zero-order valence-electron chi connectivity index (χ0n) is 14.0. The van der Waals surface area contributed by atoms with E-state index in [9.17, 15) is 34.8 Å². The third-order valence-electron chi connectivity index (χ3n) is 4.40. The van der Waals surface area contributed by atoms with Crippen molar-refractivity contribution < 1.29 is 34.8 Å². The second-order valence-electron chi connectivity index (χ2n) is 6.23. The second kappa shape index (κ2) is 7.03. The molecule has 28 heavy (non-hydrogen) atoms. The van der Waals surface area contributed by atoms with Crippen LogP contribution in [0.2, 0.25) is 0 Å². The summed E-state index contributed by atoms with van der Waals surface area (Å²) in [4.78, 5) is -0.946. The Hall–Kier alpha value is -2.15. The van der Waals surface area contributed by atoms with Gasteiger partial charge in [0.15, 0.2) is 0 Å². The number of sulfonamides is 1. The fraction of sp³-hybridized carbons (Fsp3) is 0.467. The molecule has 1 unspecified atom stereocenters. The third kappa shape index (κ3) is 4.14. The molecular formula is C15H14F6N4O2S. The minimum atomic E-state index is -4.87. The van der Waals surface area contributed by atoms with Crippen LogP contribution in [0.5, 0.6) is 0 Å². The Labute approximate surface area is 155 Å². The van der Waals surface area contributed by atoms with Crippen LogP contribution in [0.15, 0.2) is 29.2 Å². The number of hydrogen-bond acceptors (Lipinski definition) is 4. The molecule has 13 heteroatoms. The predicted octanol–water partition coefficient (Wildman–Crippen LogP) is 2.90. The van der Waals surface area contributed by atoms with Gasteiger partial charge in [0.1, 0.15) is 11.6 Å². The molecular weight excluding hydrogens is 414 g/mol. The van der Waals surface area contributed by atoms with Gasteiger partial charge in [-0.3, -0.25) is 0 Å². The highest BCUT2D eigenvalue weighted by atomic mass is 32.2. The molecule has 1 aliphatic heterocycles. The molecule has 1 aliphatic rings. The third-order valence-corrected chi connectivity index (χ3v) is 5.86. The standard InChI is InChI=1S/C15H14F6N4O2S/c16-14(17,18)9-5-6-25-12(7-9)23-24-13(25)8-22-28(26,27)11-4-2-1-3-10(11)15(19,20)21/h1-4,9,22H,5-8H2. The van der Waals surface area contributed by atoms with Crippen molar-refractivity contribution in [1.82, 2.24) is 19.5 Å². The summed E-state index contributed by atoms with van der Waals surface area (Å²) in [5, 5.41) is 7.33. The van der Waals surface area contributed by atoms with Gasteiger partial charge in [-0.05, 0) is 18.6 Å². The molecule has 0 bridgehead atoms. The molecule has 1 aromatic heterocycles. The van der Waals surface area contributed by atoms with Crippen LogP contribution in [0.25, 0.3) is 0 Å². The van der Waals surface area contributed by atoms with Crippen LogP contribution in [-0.4, -0.2) is 29.4 Å². The van der Waals surface area contributed by atoms with Crippen molar-refractivity contribution in [2.75, 3.05) is 0 Å². The van der Waals surface area contributed by atoms with E-state index in [1.807, 2.05) is 4.72 Å². The Morgan fingerprint density at radius 2 is 1.79 bits per heavy atom. The van der Waals surface area contributed by atoms with Crippen LogP contribution >= 0.6 is 0 Å². The topological polar surface area (TPSA) is 76.9 Å². The van der Waals surface area contributed by atoms with Gasteiger partial charge in [0.05, 0.1) is 22.9 Å². The van der Waals surface area contributed by atoms with Crippen LogP contribution in [0, 0.1) is 5.92 Å². The van der Waals surface area contributed by atoms with E-state index in [0.29, 0.717) is 6.07 Å². The summed E-state index contributed by atoms with van der Waals surface area (Å²) in [7, 11) is -4.54. The summed E-state index contributed by atoms with van der Waals surface area (Å²) in [5.41, 5.74) is -1.32. The van der Waals surface area contributed by atoms with E-state index < -0.39 is 45.3 Å². The molecule has 0 fully saturated rings. The van der Waals surface area contributed by atoms with Gasteiger partial charge in [-0.2, -0.15) is 26.3 Å². The molecule has 0 saturated heterocycles. The lowest BCUT2D eigenvalue weighted by Gasteiger charge is -2.25. The minimum Gasteiger partial charge on any atom is -0.314 e. The van der Waals surface area contributed by atoms with Gasteiger partial charge in [-0.25, -0.2) is 13.1 Å². The van der Waals surface area contributed by atoms with Crippen LogP contribution in [0.4, 0.5) is 26.3 Å². The van der Waals surface area contributed by atoms with E-state index in [0.717, 1.165) is 18.2 Å². The van der Waals surface area contributed by atoms with Gasteiger partial charge in [0.25, 0.3) is 0 Å². The molecule has 0 saturated carbocycles. The van der Waals surface area contributed by atoms with Crippen molar-refractivity contribution in [2.24, 2.45) is 5.92 Å². The lowest BCUT2D eigenvalue weighted by Crippen LogP contribution is -2.32. The fourth-order valence-electron chi connectivity index (χ4n) is 2.97. The number of rotatable bonds is 4. The van der Waals surface area contributed by atoms with Crippen molar-refractivity contribution in [3.8, 4) is 0 Å². The first-order chi connectivity index (χ1) is 12.9. The van der Waals surface area contributed by atoms with Gasteiger partial charge < -0.3 is 4.57 Å². The van der Waals surface area contributed by atoms with Crippen molar-refractivity contribution >= 4 is 10.0 Å². The highest BCUT2D eigenvalue weighted by molar-refractivity contribution is 7.89. The van der Waals surface area contributed by atoms with Crippen LogP contribution in [0.1, 0.15) is 23.6 Å². The van der Waals surface area contributed by atoms with Gasteiger partial charge in [0.2, 0.25) is 10.0 Å². The molecule has 0 spiro atoms. The number of aromatic nitrogens is 3. The number of halogens is 6. The summed E-state index contributed by atoms with van der Waals surface area (Å²) in [5.74, 6) is -1.48. The second-order valence-corrected chi connectivity index (χ2v) is 7.97. The van der Waals surface area contributed by atoms with E-state index in [1.165, 1.54) is 4.57 Å². The molecule has 1 atom stereocenters. The highest BCUT2D eigenvalue weighted by Gasteiger charge is 2.42. The van der Waals surface area contributed by atoms with Crippen molar-refractivity contribution in [1.29, 1.82) is 0 Å². The maximum absolute atomic E-state index is 13.0. The van der Waals surface area contributed by atoms with Crippen molar-refractivity contribution in [2.45, 2.75) is 43.2 Å². The van der Waals surface area contributed by atoms with E-state index in [4.69, 9.17) is 0 Å². The van der Waals surface area contributed by atoms with Crippen LogP contribution in [0.3, 0.4) is 0 Å². The van der Waals surface area contributed by atoms with Crippen LogP contribution in [-0.2, 0) is 35.7 Å². The first-order valence-electron chi connectivity index (χ1n) is 8.03. The van der Waals surface area contributed by atoms with Crippen molar-refractivity contribution in [3.63, 3.8) is 0 Å². The summed E-state index contributed by atoms with van der Waals surface area (Å²) in [6, 6.07) is 3.68. The average Bonchev–Trinajstić information content (AvgIpc) is 3.01. The normalized spacial score (nSPS) is 18.1. The smallest absolute Gasteiger partial charge is 0.314 e. The number of alkyl halides is 6. The molecule has 0 radical (unpaired) electrons. The molecule has 3 rings (SSSR count). The largest absolute Gasteiger partial charge is 0.417 e. The number of fused-ring (bicyclic) bond motifs is 1. The average molecular weight is 428 g/mol. The van der Waals surface area contributed by atoms with Gasteiger partial charge in [-0.15, -0.1) is 10.2 Å². The Kier molecular flexibility index (Phi) is 5.17. The van der Waals surface area contributed by atoms with Gasteiger partial charge >= 0.3 is 12.4 Å². The molecule has 2 aromatic rings. The van der Waals surface area contributed by atoms with Gasteiger partial charge in [-0.1, -0.05) is 12.1 Å². The molecule has 1 aromatic carbocycles. The number of nitrogens with zero attached hydrogens (tertiary/aromatic N) is 3. The van der Waals surface area contributed by atoms with Crippen molar-refractivity contribution in [3.05, 3.63) is 41.5 Å². The minimum absolute atomic E-state index is 0.0312. The summed E-state index contributed by atoms with van der Waals surface area (Å²) in [6.07, 6.45) is -9.85. The van der Waals surface area contributed by atoms with Gasteiger partial charge in [0, 0.05) is 13.0 Å². The zero-order chi connectivity index (χ0) is 20.7. The lowest BCUT2D eigenvalue weighted by atomic mass is 9.97. The zero-order valence-corrected chi connectivity index (χ0v) is 14.9. The number of hydrogen-bond donors (Lipinski definition) is 1. The first-order valence-corrected chi connectivity index (χ1v) is 9.51. The quantitative estimate of drug-likeness (QED) is 0.760. The van der Waals surface area contributed by atoms with E-state index in [-0.39, 0.29) is 31.0 Å². The Bertz CT molecular complexity index is 968. The lowest BCUT2D eigenvalue weighted by molar-refractivity contribution is -0.179. The van der Waals surface area contributed by atoms with E-state index in [2.05, 4.69) is 10.2 Å². The molecule has 0 amide bonds. The number of nitrogens with one attached hydrogen (secondary N) is 1. The molecule has 0 aliphatic carbocycles. The monoisotopic (exact) mass is 428 g/mol. The molecule has 154 valence electrons. The summed E-state index contributed by atoms with van der Waals surface area (Å²) in [6.45, 7) is -0.569. The Morgan fingerprint density at radius 3 is 2.43 bits per heavy atom. The van der Waals surface area contributed by atoms with Crippen LogP contribution < -0.4 is 4.72 Å². The highest BCUT2D eigenvalue weighted by Crippen LogP contribution is 2.35. The van der Waals surface area contributed by atoms with E-state index >= 15 is 0 Å². The molecule has 2 heterocycles. The summed E-state index contributed by atoms with van der Waals surface area (Å²) < 4.78 is 106. The maximum Gasteiger partial charge on any atom is 0.417 e.